The number of carboxylic acid groups (broad SMARTS) is 1. The molecule has 2 rings (SSSR count). The third-order valence-corrected chi connectivity index (χ3v) is 3.88. The van der Waals surface area contributed by atoms with Gasteiger partial charge in [-0.1, -0.05) is 15.9 Å². The predicted octanol–water partition coefficient (Wildman–Crippen LogP) is 6.61. The summed E-state index contributed by atoms with van der Waals surface area (Å²) in [5.41, 5.74) is -1.88. The van der Waals surface area contributed by atoms with Crippen LogP contribution in [0.1, 0.15) is 74.0 Å². The highest BCUT2D eigenvalue weighted by Crippen LogP contribution is 2.19. The molecule has 0 amide bonds. The van der Waals surface area contributed by atoms with Gasteiger partial charge < -0.3 is 14.6 Å². The third-order valence-electron chi connectivity index (χ3n) is 3.38. The zero-order valence-electron chi connectivity index (χ0n) is 20.7. The number of carboxylic acids is 1. The molecule has 0 aliphatic rings. The van der Waals surface area contributed by atoms with Crippen molar-refractivity contribution in [1.82, 2.24) is 0 Å². The fourth-order valence-corrected chi connectivity index (χ4v) is 2.47. The molecule has 188 valence electrons. The van der Waals surface area contributed by atoms with E-state index in [0.29, 0.717) is 4.47 Å². The number of aromatic carboxylic acids is 1. The quantitative estimate of drug-likeness (QED) is 0.433. The van der Waals surface area contributed by atoms with Gasteiger partial charge >= 0.3 is 17.9 Å². The van der Waals surface area contributed by atoms with Crippen molar-refractivity contribution in [1.29, 1.82) is 0 Å². The van der Waals surface area contributed by atoms with Crippen molar-refractivity contribution < 1.29 is 43.5 Å². The van der Waals surface area contributed by atoms with E-state index < -0.39 is 47.9 Å². The first-order chi connectivity index (χ1) is 15.9. The molecule has 2 aromatic rings. The van der Waals surface area contributed by atoms with E-state index in [9.17, 15) is 27.6 Å². The van der Waals surface area contributed by atoms with Crippen molar-refractivity contribution >= 4 is 33.8 Å². The van der Waals surface area contributed by atoms with E-state index in [2.05, 4.69) is 15.9 Å². The van der Waals surface area contributed by atoms with E-state index in [4.69, 9.17) is 16.0 Å². The number of alkyl halides is 1. The molecular weight excluding hydrogens is 521 g/mol. The van der Waals surface area contributed by atoms with E-state index >= 15 is 0 Å². The van der Waals surface area contributed by atoms with Gasteiger partial charge in [0.05, 0.1) is 25.2 Å². The Bertz CT molecular complexity index is 1030. The summed E-state index contributed by atoms with van der Waals surface area (Å²) in [6, 6.07) is 7.29. The van der Waals surface area contributed by atoms with Crippen molar-refractivity contribution in [3.05, 3.63) is 69.2 Å². The number of esters is 2. The molecule has 0 saturated heterocycles. The standard InChI is InChI=1S/C12H13FO4.C11H12BrFO2.CH3F/c1-12(2,3)17-11(16)8-5-4-7(10(14)15)6-9(8)13;1-11(2,3)15-10(14)8-5-4-7(12)6-9(8)13;1-2/h4-6H,1-3H3,(H,14,15);4-6H,1-3H3;1H3/i;;1D. The molecule has 0 spiro atoms. The van der Waals surface area contributed by atoms with Crippen LogP contribution in [0.3, 0.4) is 0 Å². The summed E-state index contributed by atoms with van der Waals surface area (Å²) in [5.74, 6) is -4.20. The highest BCUT2D eigenvalue weighted by atomic mass is 79.9. The van der Waals surface area contributed by atoms with Crippen LogP contribution in [0.25, 0.3) is 0 Å². The number of rotatable bonds is 3. The maximum atomic E-state index is 13.5. The summed E-state index contributed by atoms with van der Waals surface area (Å²) in [4.78, 5) is 33.6. The van der Waals surface area contributed by atoms with Gasteiger partial charge in [0.25, 0.3) is 0 Å². The monoisotopic (exact) mass is 549 g/mol. The second-order valence-electron chi connectivity index (χ2n) is 8.63. The van der Waals surface area contributed by atoms with Gasteiger partial charge in [0.2, 0.25) is 0 Å². The van der Waals surface area contributed by atoms with Crippen LogP contribution in [0.2, 0.25) is 0 Å². The van der Waals surface area contributed by atoms with E-state index in [-0.39, 0.29) is 16.7 Å². The molecule has 10 heteroatoms. The Kier molecular flexibility index (Phi) is 11.3. The number of carbonyl (C=O) groups is 3. The Morgan fingerprint density at radius 1 is 0.853 bits per heavy atom. The second-order valence-corrected chi connectivity index (χ2v) is 9.54. The van der Waals surface area contributed by atoms with Crippen LogP contribution in [0.4, 0.5) is 13.2 Å². The first-order valence-electron chi connectivity index (χ1n) is 10.4. The average molecular weight is 550 g/mol. The number of benzene rings is 2. The zero-order chi connectivity index (χ0) is 27.6. The number of carbonyl (C=O) groups excluding carboxylic acids is 2. The minimum Gasteiger partial charge on any atom is -0.478 e. The van der Waals surface area contributed by atoms with Gasteiger partial charge in [0.1, 0.15) is 22.8 Å². The molecule has 0 radical (unpaired) electrons. The van der Waals surface area contributed by atoms with Gasteiger partial charge in [-0.25, -0.2) is 23.2 Å². The molecule has 0 aliphatic heterocycles. The molecule has 0 aromatic heterocycles. The molecular formula is C24H28BrF3O6. The largest absolute Gasteiger partial charge is 0.478 e. The Hall–Kier alpha value is -2.88. The number of hydrogen-bond donors (Lipinski definition) is 1. The maximum Gasteiger partial charge on any atom is 0.341 e. The van der Waals surface area contributed by atoms with Crippen LogP contribution in [0, 0.1) is 11.6 Å². The first-order valence-corrected chi connectivity index (χ1v) is 10.5. The van der Waals surface area contributed by atoms with Gasteiger partial charge in [0.15, 0.2) is 0 Å². The van der Waals surface area contributed by atoms with Gasteiger partial charge in [-0.05, 0) is 77.9 Å². The van der Waals surface area contributed by atoms with Gasteiger partial charge in [-0.2, -0.15) is 0 Å². The second kappa shape index (κ2) is 13.1. The van der Waals surface area contributed by atoms with E-state index in [1.165, 1.54) is 12.1 Å². The highest BCUT2D eigenvalue weighted by Gasteiger charge is 2.22. The van der Waals surface area contributed by atoms with Gasteiger partial charge in [-0.3, -0.25) is 4.39 Å². The Labute approximate surface area is 206 Å². The summed E-state index contributed by atoms with van der Waals surface area (Å²) >= 11 is 3.11. The summed E-state index contributed by atoms with van der Waals surface area (Å²) in [5, 5.41) is 8.64. The summed E-state index contributed by atoms with van der Waals surface area (Å²) in [7, 11) is -1.00. The minimum absolute atomic E-state index is 0.0480. The molecule has 0 saturated carbocycles. The van der Waals surface area contributed by atoms with Crippen LogP contribution < -0.4 is 0 Å². The van der Waals surface area contributed by atoms with E-state index in [1.807, 2.05) is 0 Å². The van der Waals surface area contributed by atoms with Crippen LogP contribution in [0.15, 0.2) is 40.9 Å². The average Bonchev–Trinajstić information content (AvgIpc) is 2.66. The van der Waals surface area contributed by atoms with Gasteiger partial charge in [0, 0.05) is 4.47 Å². The number of hydrogen-bond acceptors (Lipinski definition) is 5. The summed E-state index contributed by atoms with van der Waals surface area (Å²) in [6.07, 6.45) is 0. The lowest BCUT2D eigenvalue weighted by Gasteiger charge is -2.19. The molecule has 0 bridgehead atoms. The van der Waals surface area contributed by atoms with Crippen LogP contribution in [-0.4, -0.2) is 41.4 Å². The van der Waals surface area contributed by atoms with Crippen molar-refractivity contribution in [3.8, 4) is 0 Å². The van der Waals surface area contributed by atoms with Crippen molar-refractivity contribution in [2.75, 3.05) is 7.15 Å². The molecule has 2 aromatic carbocycles. The molecule has 34 heavy (non-hydrogen) atoms. The van der Waals surface area contributed by atoms with Crippen LogP contribution in [-0.2, 0) is 9.47 Å². The topological polar surface area (TPSA) is 89.9 Å². The zero-order valence-corrected chi connectivity index (χ0v) is 21.3. The Balaban J connectivity index is 0.000000597. The molecule has 1 N–H and O–H groups in total. The highest BCUT2D eigenvalue weighted by molar-refractivity contribution is 9.10. The predicted molar refractivity (Wildman–Crippen MR) is 125 cm³/mol. The first kappa shape index (κ1) is 29.2. The Morgan fingerprint density at radius 2 is 1.24 bits per heavy atom. The van der Waals surface area contributed by atoms with Crippen molar-refractivity contribution in [3.63, 3.8) is 0 Å². The van der Waals surface area contributed by atoms with Gasteiger partial charge in [-0.15, -0.1) is 0 Å². The Morgan fingerprint density at radius 3 is 1.56 bits per heavy atom. The molecule has 0 fully saturated rings. The maximum absolute atomic E-state index is 13.5. The number of halogens is 4. The van der Waals surface area contributed by atoms with E-state index in [1.54, 1.807) is 47.6 Å². The molecule has 0 atom stereocenters. The summed E-state index contributed by atoms with van der Waals surface area (Å²) in [6.45, 7) is 10.2. The van der Waals surface area contributed by atoms with Crippen LogP contribution >= 0.6 is 15.9 Å². The smallest absolute Gasteiger partial charge is 0.341 e. The van der Waals surface area contributed by atoms with Crippen LogP contribution in [0.5, 0.6) is 0 Å². The fraction of sp³-hybridized carbons (Fsp3) is 0.375. The normalized spacial score (nSPS) is 11.1. The number of ether oxygens (including phenoxy) is 2. The lowest BCUT2D eigenvalue weighted by Crippen LogP contribution is -2.24. The lowest BCUT2D eigenvalue weighted by atomic mass is 10.1. The lowest BCUT2D eigenvalue weighted by molar-refractivity contribution is 0.00517. The summed E-state index contributed by atoms with van der Waals surface area (Å²) < 4.78 is 52.9. The van der Waals surface area contributed by atoms with Crippen molar-refractivity contribution in [2.24, 2.45) is 0 Å². The SMILES string of the molecule is CC(C)(C)OC(=O)c1ccc(Br)cc1F.CC(C)(C)OC(=O)c1ccc(C(=O)O)cc1F.[2H]CF. The van der Waals surface area contributed by atoms with E-state index in [0.717, 1.165) is 18.2 Å². The third kappa shape index (κ3) is 11.3. The molecule has 6 nitrogen and oxygen atoms in total. The molecule has 0 heterocycles. The van der Waals surface area contributed by atoms with Crippen molar-refractivity contribution in [2.45, 2.75) is 52.7 Å². The molecule has 0 aliphatic carbocycles. The molecule has 0 unspecified atom stereocenters. The minimum atomic E-state index is -1.25. The fourth-order valence-electron chi connectivity index (χ4n) is 2.13.